The zero-order valence-corrected chi connectivity index (χ0v) is 17.3. The summed E-state index contributed by atoms with van der Waals surface area (Å²) in [6.45, 7) is 10.4. The lowest BCUT2D eigenvalue weighted by Crippen LogP contribution is -2.31. The van der Waals surface area contributed by atoms with Crippen LogP contribution in [0.4, 0.5) is 4.39 Å². The lowest BCUT2D eigenvalue weighted by molar-refractivity contribution is -0.0384. The minimum Gasteiger partial charge on any atom is -0.389 e. The van der Waals surface area contributed by atoms with Crippen molar-refractivity contribution in [3.05, 3.63) is 59.4 Å². The highest BCUT2D eigenvalue weighted by Gasteiger charge is 2.38. The number of carbonyl (C=O) groups is 1. The van der Waals surface area contributed by atoms with Crippen LogP contribution in [-0.2, 0) is 4.84 Å². The summed E-state index contributed by atoms with van der Waals surface area (Å²) >= 11 is 0. The van der Waals surface area contributed by atoms with E-state index in [0.29, 0.717) is 24.3 Å². The van der Waals surface area contributed by atoms with E-state index in [1.54, 1.807) is 12.1 Å². The maximum absolute atomic E-state index is 13.3. The largest absolute Gasteiger partial charge is 0.389 e. The Bertz CT molecular complexity index is 899. The van der Waals surface area contributed by atoms with Crippen molar-refractivity contribution in [2.24, 2.45) is 17.0 Å². The molecule has 0 spiro atoms. The molecule has 4 heteroatoms. The number of benzene rings is 2. The quantitative estimate of drug-likeness (QED) is 0.554. The van der Waals surface area contributed by atoms with Crippen LogP contribution in [0.1, 0.15) is 63.4 Å². The summed E-state index contributed by atoms with van der Waals surface area (Å²) in [5.74, 6) is 0.418. The number of rotatable bonds is 6. The molecule has 1 heterocycles. The van der Waals surface area contributed by atoms with Gasteiger partial charge in [-0.15, -0.1) is 0 Å². The second kappa shape index (κ2) is 7.86. The predicted octanol–water partition coefficient (Wildman–Crippen LogP) is 6.26. The number of oxime groups is 1. The van der Waals surface area contributed by atoms with E-state index < -0.39 is 0 Å². The highest BCUT2D eigenvalue weighted by Crippen LogP contribution is 2.34. The van der Waals surface area contributed by atoms with Crippen LogP contribution >= 0.6 is 0 Å². The molecule has 1 aliphatic heterocycles. The van der Waals surface area contributed by atoms with E-state index in [9.17, 15) is 9.18 Å². The maximum atomic E-state index is 13.3. The van der Waals surface area contributed by atoms with Gasteiger partial charge in [0.15, 0.2) is 5.78 Å². The van der Waals surface area contributed by atoms with Crippen LogP contribution in [0, 0.1) is 17.7 Å². The smallest absolute Gasteiger partial charge is 0.163 e. The first-order chi connectivity index (χ1) is 13.2. The topological polar surface area (TPSA) is 38.7 Å². The van der Waals surface area contributed by atoms with Gasteiger partial charge in [-0.05, 0) is 60.2 Å². The first kappa shape index (κ1) is 20.2. The molecule has 28 heavy (non-hydrogen) atoms. The maximum Gasteiger partial charge on any atom is 0.163 e. The van der Waals surface area contributed by atoms with Crippen LogP contribution in [0.15, 0.2) is 47.6 Å². The molecule has 148 valence electrons. The summed E-state index contributed by atoms with van der Waals surface area (Å²) in [4.78, 5) is 18.5. The third kappa shape index (κ3) is 4.32. The fraction of sp³-hybridized carbons (Fsp3) is 0.417. The van der Waals surface area contributed by atoms with Gasteiger partial charge >= 0.3 is 0 Å². The molecular weight excluding hydrogens is 353 g/mol. The number of carbonyl (C=O) groups excluding carboxylic acids is 1. The lowest BCUT2D eigenvalue weighted by atomic mass is 9.85. The monoisotopic (exact) mass is 381 g/mol. The van der Waals surface area contributed by atoms with Gasteiger partial charge in [-0.3, -0.25) is 4.79 Å². The fourth-order valence-corrected chi connectivity index (χ4v) is 3.27. The van der Waals surface area contributed by atoms with E-state index in [2.05, 4.69) is 25.9 Å². The van der Waals surface area contributed by atoms with E-state index in [4.69, 9.17) is 4.84 Å². The van der Waals surface area contributed by atoms with Crippen molar-refractivity contribution >= 4 is 11.5 Å². The molecule has 0 aromatic heterocycles. The molecule has 1 unspecified atom stereocenters. The molecule has 0 fully saturated rings. The van der Waals surface area contributed by atoms with E-state index in [1.807, 2.05) is 32.0 Å². The van der Waals surface area contributed by atoms with E-state index in [1.165, 1.54) is 12.1 Å². The molecule has 0 aliphatic carbocycles. The number of Topliss-reactive ketones (excluding diaryl/α,β-unsaturated/α-hetero) is 1. The molecule has 2 aromatic carbocycles. The number of halogens is 1. The van der Waals surface area contributed by atoms with E-state index >= 15 is 0 Å². The van der Waals surface area contributed by atoms with Crippen LogP contribution in [0.5, 0.6) is 0 Å². The van der Waals surface area contributed by atoms with Crippen molar-refractivity contribution in [1.82, 2.24) is 0 Å². The van der Waals surface area contributed by atoms with Crippen LogP contribution in [-0.4, -0.2) is 17.1 Å². The summed E-state index contributed by atoms with van der Waals surface area (Å²) in [5, 5.41) is 4.34. The Morgan fingerprint density at radius 1 is 1.07 bits per heavy atom. The van der Waals surface area contributed by atoms with Crippen LogP contribution in [0.3, 0.4) is 0 Å². The molecule has 0 radical (unpaired) electrons. The average molecular weight is 381 g/mol. The molecular formula is C24H28FNO2. The summed E-state index contributed by atoms with van der Waals surface area (Å²) in [7, 11) is 0. The third-order valence-corrected chi connectivity index (χ3v) is 5.46. The first-order valence-corrected chi connectivity index (χ1v) is 9.87. The van der Waals surface area contributed by atoms with Gasteiger partial charge in [0, 0.05) is 24.0 Å². The number of nitrogens with zero attached hydrogens (tertiary/aromatic N) is 1. The van der Waals surface area contributed by atoms with Gasteiger partial charge in [0.1, 0.15) is 11.4 Å². The Kier molecular flexibility index (Phi) is 5.69. The molecule has 0 bridgehead atoms. The standard InChI is InChI=1S/C24H28FNO2/c1-15(2)10-23(27)20-12-18(17-6-8-21(25)9-7-17)11-19(13-20)22-14-24(5,16(3)4)28-26-22/h6-9,11-13,15-16H,10,14H2,1-5H3. The van der Waals surface area contributed by atoms with Gasteiger partial charge in [0.2, 0.25) is 0 Å². The minimum atomic E-state index is -0.344. The lowest BCUT2D eigenvalue weighted by Gasteiger charge is -2.25. The van der Waals surface area contributed by atoms with Gasteiger partial charge in [-0.2, -0.15) is 0 Å². The minimum absolute atomic E-state index is 0.103. The Balaban J connectivity index is 2.03. The highest BCUT2D eigenvalue weighted by molar-refractivity contribution is 6.06. The summed E-state index contributed by atoms with van der Waals surface area (Å²) in [6.07, 6.45) is 1.17. The SMILES string of the molecule is CC(C)CC(=O)c1cc(C2=NOC(C)(C(C)C)C2)cc(-c2ccc(F)cc2)c1. The van der Waals surface area contributed by atoms with Crippen LogP contribution in [0.2, 0.25) is 0 Å². The van der Waals surface area contributed by atoms with Crippen molar-refractivity contribution in [2.75, 3.05) is 0 Å². The Morgan fingerprint density at radius 2 is 1.71 bits per heavy atom. The zero-order chi connectivity index (χ0) is 20.5. The molecule has 1 aliphatic rings. The van der Waals surface area contributed by atoms with Crippen LogP contribution < -0.4 is 0 Å². The summed E-state index contributed by atoms with van der Waals surface area (Å²) in [5.41, 5.74) is 3.80. The first-order valence-electron chi connectivity index (χ1n) is 9.87. The van der Waals surface area contributed by atoms with Gasteiger partial charge in [0.05, 0.1) is 5.71 Å². The van der Waals surface area contributed by atoms with Crippen molar-refractivity contribution in [1.29, 1.82) is 0 Å². The molecule has 0 saturated heterocycles. The van der Waals surface area contributed by atoms with Crippen molar-refractivity contribution in [3.63, 3.8) is 0 Å². The normalized spacial score (nSPS) is 19.1. The molecule has 3 nitrogen and oxygen atoms in total. The number of hydrogen-bond donors (Lipinski definition) is 0. The third-order valence-electron chi connectivity index (χ3n) is 5.46. The Labute approximate surface area is 166 Å². The van der Waals surface area contributed by atoms with Crippen LogP contribution in [0.25, 0.3) is 11.1 Å². The molecule has 3 rings (SSSR count). The molecule has 2 aromatic rings. The molecule has 1 atom stereocenters. The molecule has 0 saturated carbocycles. The number of hydrogen-bond acceptors (Lipinski definition) is 3. The predicted molar refractivity (Wildman–Crippen MR) is 111 cm³/mol. The van der Waals surface area contributed by atoms with Gasteiger partial charge in [0.25, 0.3) is 0 Å². The van der Waals surface area contributed by atoms with Crippen molar-refractivity contribution in [3.8, 4) is 11.1 Å². The molecule has 0 N–H and O–H groups in total. The average Bonchev–Trinajstić information content (AvgIpc) is 3.05. The second-order valence-corrected chi connectivity index (χ2v) is 8.60. The van der Waals surface area contributed by atoms with E-state index in [-0.39, 0.29) is 23.1 Å². The fourth-order valence-electron chi connectivity index (χ4n) is 3.27. The van der Waals surface area contributed by atoms with Crippen molar-refractivity contribution < 1.29 is 14.0 Å². The zero-order valence-electron chi connectivity index (χ0n) is 17.3. The second-order valence-electron chi connectivity index (χ2n) is 8.60. The number of ketones is 1. The highest BCUT2D eigenvalue weighted by atomic mass is 19.1. The van der Waals surface area contributed by atoms with Crippen molar-refractivity contribution in [2.45, 2.75) is 53.1 Å². The van der Waals surface area contributed by atoms with Gasteiger partial charge in [-0.25, -0.2) is 4.39 Å². The Hall–Kier alpha value is -2.49. The summed E-state index contributed by atoms with van der Waals surface area (Å²) < 4.78 is 13.3. The Morgan fingerprint density at radius 3 is 2.29 bits per heavy atom. The molecule has 0 amide bonds. The van der Waals surface area contributed by atoms with Gasteiger partial charge in [-0.1, -0.05) is 45.0 Å². The van der Waals surface area contributed by atoms with E-state index in [0.717, 1.165) is 22.4 Å². The summed E-state index contributed by atoms with van der Waals surface area (Å²) in [6, 6.07) is 12.1. The van der Waals surface area contributed by atoms with Gasteiger partial charge < -0.3 is 4.84 Å².